The highest BCUT2D eigenvalue weighted by atomic mass is 32.1. The zero-order valence-corrected chi connectivity index (χ0v) is 14.8. The summed E-state index contributed by atoms with van der Waals surface area (Å²) in [4.78, 5) is 7.11. The minimum atomic E-state index is 0.704. The summed E-state index contributed by atoms with van der Waals surface area (Å²) in [6, 6.07) is 17.4. The second kappa shape index (κ2) is 6.91. The molecule has 1 heterocycles. The molecule has 0 saturated heterocycles. The second-order valence-electron chi connectivity index (χ2n) is 6.30. The van der Waals surface area contributed by atoms with Gasteiger partial charge in [-0.05, 0) is 55.6 Å². The van der Waals surface area contributed by atoms with E-state index in [-0.39, 0.29) is 0 Å². The van der Waals surface area contributed by atoms with Gasteiger partial charge in [0, 0.05) is 12.6 Å². The van der Waals surface area contributed by atoms with Crippen LogP contribution in [0.15, 0.2) is 48.5 Å². The summed E-state index contributed by atoms with van der Waals surface area (Å²) in [6.45, 7) is 4.57. The summed E-state index contributed by atoms with van der Waals surface area (Å²) in [5.41, 5.74) is 2.36. The molecule has 1 aliphatic rings. The lowest BCUT2D eigenvalue weighted by atomic mass is 10.1. The van der Waals surface area contributed by atoms with Crippen LogP contribution in [0.4, 0.5) is 0 Å². The quantitative estimate of drug-likeness (QED) is 0.598. The van der Waals surface area contributed by atoms with Crippen LogP contribution in [-0.4, -0.2) is 29.0 Å². The number of thiazole rings is 1. The SMILES string of the molecule is CCN(CCc1ccc(Oc2nc3ccccc3s2)cc1)C1CC1. The summed E-state index contributed by atoms with van der Waals surface area (Å²) in [6.07, 6.45) is 3.86. The van der Waals surface area contributed by atoms with E-state index in [1.807, 2.05) is 18.2 Å². The van der Waals surface area contributed by atoms with Crippen LogP contribution in [0.1, 0.15) is 25.3 Å². The topological polar surface area (TPSA) is 25.4 Å². The molecule has 0 N–H and O–H groups in total. The zero-order chi connectivity index (χ0) is 16.4. The first-order valence-electron chi connectivity index (χ1n) is 8.68. The minimum absolute atomic E-state index is 0.704. The molecule has 24 heavy (non-hydrogen) atoms. The Bertz CT molecular complexity index is 775. The largest absolute Gasteiger partial charge is 0.431 e. The molecule has 0 spiro atoms. The van der Waals surface area contributed by atoms with Crippen molar-refractivity contribution in [2.75, 3.05) is 13.1 Å². The average molecular weight is 338 g/mol. The first-order chi connectivity index (χ1) is 11.8. The van der Waals surface area contributed by atoms with Crippen molar-refractivity contribution in [1.29, 1.82) is 0 Å². The van der Waals surface area contributed by atoms with Gasteiger partial charge in [0.25, 0.3) is 5.19 Å². The van der Waals surface area contributed by atoms with Crippen LogP contribution < -0.4 is 4.74 Å². The van der Waals surface area contributed by atoms with Gasteiger partial charge < -0.3 is 9.64 Å². The van der Waals surface area contributed by atoms with Gasteiger partial charge in [-0.3, -0.25) is 0 Å². The van der Waals surface area contributed by atoms with Crippen LogP contribution >= 0.6 is 11.3 Å². The second-order valence-corrected chi connectivity index (χ2v) is 7.30. The number of ether oxygens (including phenoxy) is 1. The number of rotatable bonds is 7. The predicted molar refractivity (Wildman–Crippen MR) is 100 cm³/mol. The number of benzene rings is 2. The van der Waals surface area contributed by atoms with E-state index in [4.69, 9.17) is 4.74 Å². The van der Waals surface area contributed by atoms with E-state index in [1.54, 1.807) is 11.3 Å². The van der Waals surface area contributed by atoms with Gasteiger partial charge in [-0.25, -0.2) is 4.98 Å². The van der Waals surface area contributed by atoms with Gasteiger partial charge in [0.05, 0.1) is 10.2 Å². The maximum absolute atomic E-state index is 5.91. The van der Waals surface area contributed by atoms with E-state index < -0.39 is 0 Å². The van der Waals surface area contributed by atoms with Gasteiger partial charge in [-0.2, -0.15) is 0 Å². The van der Waals surface area contributed by atoms with E-state index in [0.717, 1.165) is 41.5 Å². The van der Waals surface area contributed by atoms with E-state index >= 15 is 0 Å². The maximum atomic E-state index is 5.91. The molecule has 0 radical (unpaired) electrons. The van der Waals surface area contributed by atoms with Crippen molar-refractivity contribution in [1.82, 2.24) is 9.88 Å². The lowest BCUT2D eigenvalue weighted by Gasteiger charge is -2.19. The molecule has 1 fully saturated rings. The molecule has 4 rings (SSSR count). The summed E-state index contributed by atoms with van der Waals surface area (Å²) in [5, 5.41) is 0.704. The van der Waals surface area contributed by atoms with Crippen molar-refractivity contribution in [2.45, 2.75) is 32.2 Å². The van der Waals surface area contributed by atoms with Crippen molar-refractivity contribution in [3.05, 3.63) is 54.1 Å². The lowest BCUT2D eigenvalue weighted by molar-refractivity contribution is 0.281. The molecule has 0 atom stereocenters. The Kier molecular flexibility index (Phi) is 4.50. The monoisotopic (exact) mass is 338 g/mol. The number of fused-ring (bicyclic) bond motifs is 1. The van der Waals surface area contributed by atoms with Crippen LogP contribution in [0.3, 0.4) is 0 Å². The predicted octanol–water partition coefficient (Wildman–Crippen LogP) is 5.12. The number of hydrogen-bond donors (Lipinski definition) is 0. The molecule has 1 aromatic heterocycles. The molecule has 1 aliphatic carbocycles. The normalized spacial score (nSPS) is 14.4. The van der Waals surface area contributed by atoms with E-state index in [0.29, 0.717) is 5.19 Å². The fraction of sp³-hybridized carbons (Fsp3) is 0.350. The molecule has 3 aromatic rings. The van der Waals surface area contributed by atoms with E-state index in [1.165, 1.54) is 18.4 Å². The molecule has 124 valence electrons. The first-order valence-corrected chi connectivity index (χ1v) is 9.50. The van der Waals surface area contributed by atoms with Gasteiger partial charge >= 0.3 is 0 Å². The van der Waals surface area contributed by atoms with Crippen molar-refractivity contribution in [3.8, 4) is 10.9 Å². The van der Waals surface area contributed by atoms with Crippen molar-refractivity contribution in [2.24, 2.45) is 0 Å². The zero-order valence-electron chi connectivity index (χ0n) is 13.9. The lowest BCUT2D eigenvalue weighted by Crippen LogP contribution is -2.27. The number of para-hydroxylation sites is 1. The number of nitrogens with zero attached hydrogens (tertiary/aromatic N) is 2. The Morgan fingerprint density at radius 3 is 2.62 bits per heavy atom. The van der Waals surface area contributed by atoms with Gasteiger partial charge in [-0.1, -0.05) is 42.5 Å². The van der Waals surface area contributed by atoms with Crippen LogP contribution in [0.25, 0.3) is 10.2 Å². The highest BCUT2D eigenvalue weighted by Crippen LogP contribution is 2.31. The Labute approximate surface area is 146 Å². The van der Waals surface area contributed by atoms with Crippen LogP contribution in [-0.2, 0) is 6.42 Å². The third kappa shape index (κ3) is 3.60. The van der Waals surface area contributed by atoms with Crippen molar-refractivity contribution >= 4 is 21.6 Å². The summed E-state index contributed by atoms with van der Waals surface area (Å²) >= 11 is 1.58. The van der Waals surface area contributed by atoms with Gasteiger partial charge in [0.1, 0.15) is 5.75 Å². The number of aromatic nitrogens is 1. The van der Waals surface area contributed by atoms with Crippen molar-refractivity contribution < 1.29 is 4.74 Å². The first kappa shape index (κ1) is 15.6. The average Bonchev–Trinajstić information content (AvgIpc) is 3.36. The molecule has 0 aliphatic heterocycles. The highest BCUT2D eigenvalue weighted by Gasteiger charge is 2.27. The molecule has 0 amide bonds. The van der Waals surface area contributed by atoms with E-state index in [2.05, 4.69) is 47.1 Å². The Hall–Kier alpha value is -1.91. The Morgan fingerprint density at radius 1 is 1.12 bits per heavy atom. The Balaban J connectivity index is 1.38. The molecule has 1 saturated carbocycles. The smallest absolute Gasteiger partial charge is 0.279 e. The minimum Gasteiger partial charge on any atom is -0.431 e. The van der Waals surface area contributed by atoms with Crippen molar-refractivity contribution in [3.63, 3.8) is 0 Å². The molecular weight excluding hydrogens is 316 g/mol. The highest BCUT2D eigenvalue weighted by molar-refractivity contribution is 7.20. The molecule has 0 bridgehead atoms. The van der Waals surface area contributed by atoms with E-state index in [9.17, 15) is 0 Å². The number of likely N-dealkylation sites (N-methyl/N-ethyl adjacent to an activating group) is 1. The fourth-order valence-electron chi connectivity index (χ4n) is 3.03. The standard InChI is InChI=1S/C20H22N2OS/c1-2-22(16-9-10-16)14-13-15-7-11-17(12-8-15)23-20-21-18-5-3-4-6-19(18)24-20/h3-8,11-12,16H,2,9-10,13-14H2,1H3. The number of hydrogen-bond acceptors (Lipinski definition) is 4. The molecule has 2 aromatic carbocycles. The molecule has 4 heteroatoms. The molecular formula is C20H22N2OS. The third-order valence-electron chi connectivity index (χ3n) is 4.56. The molecule has 3 nitrogen and oxygen atoms in total. The van der Waals surface area contributed by atoms with Crippen LogP contribution in [0.2, 0.25) is 0 Å². The summed E-state index contributed by atoms with van der Waals surface area (Å²) in [5.74, 6) is 0.854. The Morgan fingerprint density at radius 2 is 1.92 bits per heavy atom. The maximum Gasteiger partial charge on any atom is 0.279 e. The molecule has 0 unspecified atom stereocenters. The summed E-state index contributed by atoms with van der Waals surface area (Å²) < 4.78 is 7.07. The van der Waals surface area contributed by atoms with Gasteiger partial charge in [0.15, 0.2) is 0 Å². The van der Waals surface area contributed by atoms with Crippen LogP contribution in [0.5, 0.6) is 10.9 Å². The summed E-state index contributed by atoms with van der Waals surface area (Å²) in [7, 11) is 0. The fourth-order valence-corrected chi connectivity index (χ4v) is 3.87. The van der Waals surface area contributed by atoms with Gasteiger partial charge in [0.2, 0.25) is 0 Å². The third-order valence-corrected chi connectivity index (χ3v) is 5.47. The van der Waals surface area contributed by atoms with Crippen LogP contribution in [0, 0.1) is 0 Å². The van der Waals surface area contributed by atoms with Gasteiger partial charge in [-0.15, -0.1) is 0 Å².